The lowest BCUT2D eigenvalue weighted by Gasteiger charge is -2.21. The van der Waals surface area contributed by atoms with E-state index in [1.165, 1.54) is 11.2 Å². The standard InChI is InChI=1S/C8H18N2O3S/c1-8(11)9-14(12,13)10-6-4-2-3-5-7-10/h8-9,11H,2-7H2,1H3. The molecule has 14 heavy (non-hydrogen) atoms. The van der Waals surface area contributed by atoms with Crippen molar-refractivity contribution < 1.29 is 13.5 Å². The molecule has 1 aliphatic rings. The fraction of sp³-hybridized carbons (Fsp3) is 1.00. The lowest BCUT2D eigenvalue weighted by atomic mass is 10.2. The number of hydrogen-bond acceptors (Lipinski definition) is 3. The molecular formula is C8H18N2O3S. The van der Waals surface area contributed by atoms with Gasteiger partial charge in [0.15, 0.2) is 0 Å². The minimum Gasteiger partial charge on any atom is -0.378 e. The summed E-state index contributed by atoms with van der Waals surface area (Å²) >= 11 is 0. The summed E-state index contributed by atoms with van der Waals surface area (Å²) in [5, 5.41) is 8.97. The number of nitrogens with one attached hydrogen (secondary N) is 1. The van der Waals surface area contributed by atoms with Crippen molar-refractivity contribution in [3.05, 3.63) is 0 Å². The van der Waals surface area contributed by atoms with Gasteiger partial charge in [-0.1, -0.05) is 12.8 Å². The highest BCUT2D eigenvalue weighted by Crippen LogP contribution is 2.12. The van der Waals surface area contributed by atoms with Crippen molar-refractivity contribution in [1.29, 1.82) is 0 Å². The van der Waals surface area contributed by atoms with Crippen LogP contribution in [0.5, 0.6) is 0 Å². The number of aliphatic hydroxyl groups is 1. The first-order chi connectivity index (χ1) is 6.52. The van der Waals surface area contributed by atoms with Gasteiger partial charge < -0.3 is 5.11 Å². The first-order valence-electron chi connectivity index (χ1n) is 4.98. The summed E-state index contributed by atoms with van der Waals surface area (Å²) in [4.78, 5) is 0. The van der Waals surface area contributed by atoms with E-state index >= 15 is 0 Å². The Labute approximate surface area is 85.3 Å². The molecule has 1 fully saturated rings. The number of rotatable bonds is 3. The maximum Gasteiger partial charge on any atom is 0.281 e. The van der Waals surface area contributed by atoms with Crippen molar-refractivity contribution in [3.8, 4) is 0 Å². The molecule has 0 aliphatic carbocycles. The topological polar surface area (TPSA) is 69.6 Å². The van der Waals surface area contributed by atoms with Gasteiger partial charge in [0.1, 0.15) is 6.23 Å². The summed E-state index contributed by atoms with van der Waals surface area (Å²) in [5.41, 5.74) is 0. The molecule has 0 aromatic heterocycles. The molecule has 1 heterocycles. The minimum absolute atomic E-state index is 0.558. The number of nitrogens with zero attached hydrogens (tertiary/aromatic N) is 1. The Morgan fingerprint density at radius 2 is 1.71 bits per heavy atom. The zero-order valence-electron chi connectivity index (χ0n) is 8.44. The molecule has 1 atom stereocenters. The fourth-order valence-electron chi connectivity index (χ4n) is 1.57. The van der Waals surface area contributed by atoms with Crippen LogP contribution in [0.4, 0.5) is 0 Å². The van der Waals surface area contributed by atoms with Crippen LogP contribution in [0.3, 0.4) is 0 Å². The molecule has 1 rings (SSSR count). The van der Waals surface area contributed by atoms with Gasteiger partial charge >= 0.3 is 0 Å². The van der Waals surface area contributed by atoms with Crippen LogP contribution in [-0.2, 0) is 10.2 Å². The van der Waals surface area contributed by atoms with Crippen molar-refractivity contribution in [1.82, 2.24) is 9.03 Å². The van der Waals surface area contributed by atoms with Crippen LogP contribution in [0.25, 0.3) is 0 Å². The Kier molecular flexibility index (Phi) is 4.31. The summed E-state index contributed by atoms with van der Waals surface area (Å²) in [5.74, 6) is 0. The van der Waals surface area contributed by atoms with Gasteiger partial charge in [0, 0.05) is 13.1 Å². The van der Waals surface area contributed by atoms with E-state index in [1.54, 1.807) is 0 Å². The van der Waals surface area contributed by atoms with E-state index in [9.17, 15) is 8.42 Å². The van der Waals surface area contributed by atoms with Gasteiger partial charge in [0.2, 0.25) is 0 Å². The molecule has 0 amide bonds. The third-order valence-electron chi connectivity index (χ3n) is 2.22. The molecule has 84 valence electrons. The van der Waals surface area contributed by atoms with Crippen molar-refractivity contribution >= 4 is 10.2 Å². The quantitative estimate of drug-likeness (QED) is 0.662. The molecule has 1 saturated heterocycles. The molecule has 1 unspecified atom stereocenters. The molecule has 6 heteroatoms. The first kappa shape index (κ1) is 11.9. The summed E-state index contributed by atoms with van der Waals surface area (Å²) in [6.45, 7) is 2.51. The van der Waals surface area contributed by atoms with E-state index in [4.69, 9.17) is 5.11 Å². The third-order valence-corrected chi connectivity index (χ3v) is 3.91. The van der Waals surface area contributed by atoms with Crippen LogP contribution in [0.2, 0.25) is 0 Å². The monoisotopic (exact) mass is 222 g/mol. The molecule has 0 spiro atoms. The molecule has 2 N–H and O–H groups in total. The zero-order valence-corrected chi connectivity index (χ0v) is 9.26. The number of aliphatic hydroxyl groups excluding tert-OH is 1. The van der Waals surface area contributed by atoms with E-state index in [-0.39, 0.29) is 0 Å². The maximum atomic E-state index is 11.6. The third kappa shape index (κ3) is 3.53. The van der Waals surface area contributed by atoms with Gasteiger partial charge in [-0.15, -0.1) is 0 Å². The Morgan fingerprint density at radius 3 is 2.14 bits per heavy atom. The van der Waals surface area contributed by atoms with Crippen LogP contribution < -0.4 is 4.72 Å². The van der Waals surface area contributed by atoms with Crippen LogP contribution in [0.15, 0.2) is 0 Å². The Bertz CT molecular complexity index is 256. The van der Waals surface area contributed by atoms with Gasteiger partial charge in [-0.2, -0.15) is 17.4 Å². The summed E-state index contributed by atoms with van der Waals surface area (Å²) < 4.78 is 26.8. The molecule has 0 aromatic carbocycles. The summed E-state index contributed by atoms with van der Waals surface area (Å²) in [6.07, 6.45) is 2.95. The largest absolute Gasteiger partial charge is 0.378 e. The average Bonchev–Trinajstić information content (AvgIpc) is 2.28. The lowest BCUT2D eigenvalue weighted by Crippen LogP contribution is -2.44. The molecule has 0 saturated carbocycles. The normalized spacial score (nSPS) is 23.0. The van der Waals surface area contributed by atoms with E-state index in [0.717, 1.165) is 25.7 Å². The van der Waals surface area contributed by atoms with Gasteiger partial charge in [-0.25, -0.2) is 0 Å². The first-order valence-corrected chi connectivity index (χ1v) is 6.42. The van der Waals surface area contributed by atoms with Crippen LogP contribution in [0.1, 0.15) is 32.6 Å². The molecule has 5 nitrogen and oxygen atoms in total. The van der Waals surface area contributed by atoms with Gasteiger partial charge in [0.25, 0.3) is 10.2 Å². The van der Waals surface area contributed by atoms with Crippen molar-refractivity contribution in [2.24, 2.45) is 0 Å². The van der Waals surface area contributed by atoms with Crippen molar-refractivity contribution in [3.63, 3.8) is 0 Å². The Morgan fingerprint density at radius 1 is 1.21 bits per heavy atom. The highest BCUT2D eigenvalue weighted by Gasteiger charge is 2.23. The SMILES string of the molecule is CC(O)NS(=O)(=O)N1CCCCCC1. The van der Waals surface area contributed by atoms with E-state index in [0.29, 0.717) is 13.1 Å². The number of hydrogen-bond donors (Lipinski definition) is 2. The van der Waals surface area contributed by atoms with Gasteiger partial charge in [-0.05, 0) is 19.8 Å². The maximum absolute atomic E-state index is 11.6. The van der Waals surface area contributed by atoms with Gasteiger partial charge in [-0.3, -0.25) is 0 Å². The minimum atomic E-state index is -3.47. The van der Waals surface area contributed by atoms with E-state index in [1.807, 2.05) is 0 Å². The van der Waals surface area contributed by atoms with Crippen LogP contribution in [-0.4, -0.2) is 37.1 Å². The van der Waals surface area contributed by atoms with Crippen molar-refractivity contribution in [2.75, 3.05) is 13.1 Å². The average molecular weight is 222 g/mol. The lowest BCUT2D eigenvalue weighted by molar-refractivity contribution is 0.180. The van der Waals surface area contributed by atoms with E-state index in [2.05, 4.69) is 4.72 Å². The zero-order chi connectivity index (χ0) is 10.6. The smallest absolute Gasteiger partial charge is 0.281 e. The molecule has 0 radical (unpaired) electrons. The Hall–Kier alpha value is -0.170. The predicted molar refractivity (Wildman–Crippen MR) is 53.8 cm³/mol. The molecular weight excluding hydrogens is 204 g/mol. The highest BCUT2D eigenvalue weighted by atomic mass is 32.2. The van der Waals surface area contributed by atoms with Crippen LogP contribution >= 0.6 is 0 Å². The molecule has 1 aliphatic heterocycles. The fourth-order valence-corrected chi connectivity index (χ4v) is 2.89. The molecule has 0 bridgehead atoms. The van der Waals surface area contributed by atoms with E-state index < -0.39 is 16.4 Å². The second-order valence-electron chi connectivity index (χ2n) is 3.61. The molecule has 0 aromatic rings. The Balaban J connectivity index is 2.60. The highest BCUT2D eigenvalue weighted by molar-refractivity contribution is 7.87. The van der Waals surface area contributed by atoms with Gasteiger partial charge in [0.05, 0.1) is 0 Å². The summed E-state index contributed by atoms with van der Waals surface area (Å²) in [6, 6.07) is 0. The summed E-state index contributed by atoms with van der Waals surface area (Å²) in [7, 11) is -3.47. The second kappa shape index (κ2) is 5.06. The van der Waals surface area contributed by atoms with Crippen molar-refractivity contribution in [2.45, 2.75) is 38.8 Å². The predicted octanol–water partition coefficient (Wildman–Crippen LogP) is 0.0351. The van der Waals surface area contributed by atoms with Crippen LogP contribution in [0, 0.1) is 0 Å². The second-order valence-corrected chi connectivity index (χ2v) is 5.31.